The summed E-state index contributed by atoms with van der Waals surface area (Å²) >= 11 is 0. The highest BCUT2D eigenvalue weighted by molar-refractivity contribution is 7.90. The maximum Gasteiger partial charge on any atom is 0.410 e. The van der Waals surface area contributed by atoms with E-state index in [4.69, 9.17) is 4.74 Å². The summed E-state index contributed by atoms with van der Waals surface area (Å²) in [5.74, 6) is 0.380. The van der Waals surface area contributed by atoms with Crippen molar-refractivity contribution in [2.75, 3.05) is 24.7 Å². The number of imidazole rings is 1. The van der Waals surface area contributed by atoms with Crippen LogP contribution in [0.15, 0.2) is 47.8 Å². The Morgan fingerprint density at radius 3 is 2.70 bits per heavy atom. The molecule has 0 bridgehead atoms. The van der Waals surface area contributed by atoms with Crippen LogP contribution in [0.25, 0.3) is 11.1 Å². The molecule has 0 spiro atoms. The van der Waals surface area contributed by atoms with Crippen molar-refractivity contribution in [2.24, 2.45) is 0 Å². The SMILES string of the molecule is CC(C)OC(=O)N1CC=C(c2ncc3c(Nc4ccc(S(C)(=O)=O)cc4F)nccn23)CC1. The van der Waals surface area contributed by atoms with Crippen LogP contribution in [0.5, 0.6) is 0 Å². The van der Waals surface area contributed by atoms with Crippen LogP contribution in [0.4, 0.5) is 20.7 Å². The summed E-state index contributed by atoms with van der Waals surface area (Å²) in [6, 6.07) is 3.68. The monoisotopic (exact) mass is 473 g/mol. The van der Waals surface area contributed by atoms with Gasteiger partial charge in [0.15, 0.2) is 15.7 Å². The number of amides is 1. The molecular weight excluding hydrogens is 449 g/mol. The van der Waals surface area contributed by atoms with E-state index in [1.807, 2.05) is 24.3 Å². The number of aromatic nitrogens is 3. The van der Waals surface area contributed by atoms with E-state index in [0.717, 1.165) is 17.9 Å². The van der Waals surface area contributed by atoms with Crippen LogP contribution in [0.2, 0.25) is 0 Å². The zero-order valence-electron chi connectivity index (χ0n) is 18.4. The number of halogens is 1. The van der Waals surface area contributed by atoms with Gasteiger partial charge in [-0.2, -0.15) is 0 Å². The number of hydrogen-bond acceptors (Lipinski definition) is 7. The number of sulfone groups is 1. The molecule has 3 aromatic rings. The molecule has 1 amide bonds. The predicted molar refractivity (Wildman–Crippen MR) is 122 cm³/mol. The lowest BCUT2D eigenvalue weighted by Crippen LogP contribution is -2.36. The van der Waals surface area contributed by atoms with Crippen molar-refractivity contribution in [3.8, 4) is 0 Å². The van der Waals surface area contributed by atoms with Crippen molar-refractivity contribution in [3.63, 3.8) is 0 Å². The first-order valence-corrected chi connectivity index (χ1v) is 12.3. The van der Waals surface area contributed by atoms with E-state index in [2.05, 4.69) is 15.3 Å². The number of nitrogens with one attached hydrogen (secondary N) is 1. The normalized spacial score (nSPS) is 14.5. The Balaban J connectivity index is 1.58. The predicted octanol–water partition coefficient (Wildman–Crippen LogP) is 3.65. The van der Waals surface area contributed by atoms with Gasteiger partial charge in [-0.3, -0.25) is 4.40 Å². The molecule has 0 unspecified atom stereocenters. The first-order valence-electron chi connectivity index (χ1n) is 10.4. The highest BCUT2D eigenvalue weighted by Crippen LogP contribution is 2.28. The zero-order chi connectivity index (χ0) is 23.8. The molecule has 9 nitrogen and oxygen atoms in total. The number of hydrogen-bond donors (Lipinski definition) is 1. The maximum absolute atomic E-state index is 14.5. The summed E-state index contributed by atoms with van der Waals surface area (Å²) < 4.78 is 44.9. The smallest absolute Gasteiger partial charge is 0.410 e. The van der Waals surface area contributed by atoms with Crippen LogP contribution in [-0.2, 0) is 14.6 Å². The van der Waals surface area contributed by atoms with Crippen molar-refractivity contribution in [2.45, 2.75) is 31.3 Å². The van der Waals surface area contributed by atoms with Crippen molar-refractivity contribution >= 4 is 38.5 Å². The van der Waals surface area contributed by atoms with Gasteiger partial charge in [0.1, 0.15) is 17.2 Å². The molecule has 33 heavy (non-hydrogen) atoms. The Bertz CT molecular complexity index is 1350. The number of rotatable bonds is 5. The maximum atomic E-state index is 14.5. The number of carbonyl (C=O) groups excluding carboxylic acids is 1. The zero-order valence-corrected chi connectivity index (χ0v) is 19.3. The van der Waals surface area contributed by atoms with Crippen LogP contribution in [0.3, 0.4) is 0 Å². The lowest BCUT2D eigenvalue weighted by atomic mass is 10.1. The molecule has 1 aliphatic rings. The highest BCUT2D eigenvalue weighted by Gasteiger charge is 2.22. The summed E-state index contributed by atoms with van der Waals surface area (Å²) in [5.41, 5.74) is 1.70. The number of fused-ring (bicyclic) bond motifs is 1. The minimum absolute atomic E-state index is 0.0982. The van der Waals surface area contributed by atoms with Gasteiger partial charge in [0.2, 0.25) is 0 Å². The van der Waals surface area contributed by atoms with Gasteiger partial charge in [-0.15, -0.1) is 0 Å². The van der Waals surface area contributed by atoms with Crippen molar-refractivity contribution in [3.05, 3.63) is 54.5 Å². The largest absolute Gasteiger partial charge is 0.447 e. The molecule has 2 aromatic heterocycles. The first-order chi connectivity index (χ1) is 15.6. The summed E-state index contributed by atoms with van der Waals surface area (Å²) in [6.07, 6.45) is 8.02. The van der Waals surface area contributed by atoms with Gasteiger partial charge in [-0.25, -0.2) is 27.6 Å². The highest BCUT2D eigenvalue weighted by atomic mass is 32.2. The molecule has 0 radical (unpaired) electrons. The molecule has 0 atom stereocenters. The second-order valence-electron chi connectivity index (χ2n) is 8.01. The van der Waals surface area contributed by atoms with Gasteiger partial charge in [0.05, 0.1) is 22.9 Å². The van der Waals surface area contributed by atoms with Crippen LogP contribution in [0, 0.1) is 5.82 Å². The average molecular weight is 474 g/mol. The Morgan fingerprint density at radius 2 is 2.06 bits per heavy atom. The average Bonchev–Trinajstić information content (AvgIpc) is 3.19. The fourth-order valence-corrected chi connectivity index (χ4v) is 4.16. The van der Waals surface area contributed by atoms with Crippen LogP contribution < -0.4 is 5.32 Å². The molecule has 1 aliphatic heterocycles. The standard InChI is InChI=1S/C22H24FN5O4S/c1-14(2)32-22(29)27-9-6-15(7-10-27)21-25-13-19-20(24-8-11-28(19)21)26-18-5-4-16(12-17(18)23)33(3,30)31/h4-6,8,11-14H,7,9-10H2,1-3H3,(H,24,26). The summed E-state index contributed by atoms with van der Waals surface area (Å²) in [7, 11) is -3.51. The third-order valence-corrected chi connectivity index (χ3v) is 6.28. The quantitative estimate of drug-likeness (QED) is 0.603. The van der Waals surface area contributed by atoms with E-state index < -0.39 is 15.7 Å². The molecule has 11 heteroatoms. The second kappa shape index (κ2) is 8.81. The van der Waals surface area contributed by atoms with Crippen molar-refractivity contribution < 1.29 is 22.3 Å². The third-order valence-electron chi connectivity index (χ3n) is 5.17. The van der Waals surface area contributed by atoms with Crippen molar-refractivity contribution in [1.82, 2.24) is 19.3 Å². The Kier molecular flexibility index (Phi) is 6.07. The molecule has 1 aromatic carbocycles. The van der Waals surface area contributed by atoms with E-state index in [1.54, 1.807) is 23.5 Å². The lowest BCUT2D eigenvalue weighted by Gasteiger charge is -2.26. The lowest BCUT2D eigenvalue weighted by molar-refractivity contribution is 0.0799. The van der Waals surface area contributed by atoms with Gasteiger partial charge in [-0.1, -0.05) is 6.08 Å². The fraction of sp³-hybridized carbons (Fsp3) is 0.318. The number of benzene rings is 1. The molecule has 0 saturated carbocycles. The Hall–Kier alpha value is -3.47. The number of carbonyl (C=O) groups is 1. The molecule has 0 aliphatic carbocycles. The number of ether oxygens (including phenoxy) is 1. The molecule has 174 valence electrons. The number of nitrogens with zero attached hydrogens (tertiary/aromatic N) is 4. The number of anilines is 2. The van der Waals surface area contributed by atoms with E-state index in [1.165, 1.54) is 12.1 Å². The molecule has 3 heterocycles. The first kappa shape index (κ1) is 22.7. The molecule has 1 N–H and O–H groups in total. The minimum atomic E-state index is -3.51. The van der Waals surface area contributed by atoms with Crippen molar-refractivity contribution in [1.29, 1.82) is 0 Å². The third kappa shape index (κ3) is 4.82. The summed E-state index contributed by atoms with van der Waals surface area (Å²) in [5, 5.41) is 2.92. The van der Waals surface area contributed by atoms with E-state index in [0.29, 0.717) is 36.7 Å². The van der Waals surface area contributed by atoms with E-state index in [-0.39, 0.29) is 22.8 Å². The summed E-state index contributed by atoms with van der Waals surface area (Å²) in [4.78, 5) is 22.5. The van der Waals surface area contributed by atoms with Crippen LogP contribution in [-0.4, -0.2) is 59.2 Å². The second-order valence-corrected chi connectivity index (χ2v) is 10.0. The van der Waals surface area contributed by atoms with Gasteiger partial charge in [0, 0.05) is 31.7 Å². The summed E-state index contributed by atoms with van der Waals surface area (Å²) in [6.45, 7) is 4.56. The van der Waals surface area contributed by atoms with E-state index >= 15 is 0 Å². The minimum Gasteiger partial charge on any atom is -0.447 e. The van der Waals surface area contributed by atoms with E-state index in [9.17, 15) is 17.6 Å². The van der Waals surface area contributed by atoms with Gasteiger partial charge in [0.25, 0.3) is 0 Å². The Labute approximate surface area is 190 Å². The van der Waals surface area contributed by atoms with Crippen LogP contribution >= 0.6 is 0 Å². The van der Waals surface area contributed by atoms with Gasteiger partial charge >= 0.3 is 6.09 Å². The molecule has 4 rings (SSSR count). The Morgan fingerprint density at radius 1 is 1.27 bits per heavy atom. The molecular formula is C22H24FN5O4S. The molecule has 0 fully saturated rings. The fourth-order valence-electron chi connectivity index (χ4n) is 3.53. The van der Waals surface area contributed by atoms with Gasteiger partial charge < -0.3 is 15.0 Å². The van der Waals surface area contributed by atoms with Gasteiger partial charge in [-0.05, 0) is 44.0 Å². The van der Waals surface area contributed by atoms with Crippen LogP contribution in [0.1, 0.15) is 26.1 Å². The topological polar surface area (TPSA) is 106 Å². The molecule has 0 saturated heterocycles.